The molecular formula is C20H16Cl. The summed E-state index contributed by atoms with van der Waals surface area (Å²) in [5.41, 5.74) is 4.86. The maximum atomic E-state index is 6.18. The molecule has 1 heteroatoms. The zero-order valence-electron chi connectivity index (χ0n) is 11.7. The quantitative estimate of drug-likeness (QED) is 0.569. The molecule has 0 bridgehead atoms. The highest BCUT2D eigenvalue weighted by Crippen LogP contribution is 2.22. The van der Waals surface area contributed by atoms with Crippen molar-refractivity contribution >= 4 is 11.6 Å². The molecule has 0 atom stereocenters. The van der Waals surface area contributed by atoms with Crippen LogP contribution in [0.5, 0.6) is 0 Å². The fraction of sp³-hybridized carbons (Fsp3) is 0.0500. The Bertz CT molecular complexity index is 699. The van der Waals surface area contributed by atoms with Crippen LogP contribution in [0.4, 0.5) is 0 Å². The smallest absolute Gasteiger partial charge is 0.0438 e. The van der Waals surface area contributed by atoms with Gasteiger partial charge in [-0.05, 0) is 41.2 Å². The van der Waals surface area contributed by atoms with Crippen LogP contribution < -0.4 is 0 Å². The van der Waals surface area contributed by atoms with E-state index in [1.807, 2.05) is 24.3 Å². The average molecular weight is 292 g/mol. The molecule has 0 aromatic heterocycles. The highest BCUT2D eigenvalue weighted by atomic mass is 35.5. The van der Waals surface area contributed by atoms with Crippen molar-refractivity contribution in [2.45, 2.75) is 6.42 Å². The Morgan fingerprint density at radius 1 is 0.667 bits per heavy atom. The molecule has 0 N–H and O–H groups in total. The van der Waals surface area contributed by atoms with Crippen LogP contribution in [0.1, 0.15) is 11.1 Å². The third kappa shape index (κ3) is 3.53. The van der Waals surface area contributed by atoms with Crippen molar-refractivity contribution in [3.63, 3.8) is 0 Å². The summed E-state index contributed by atoms with van der Waals surface area (Å²) in [6, 6.07) is 27.0. The van der Waals surface area contributed by atoms with Gasteiger partial charge in [-0.25, -0.2) is 0 Å². The molecule has 1 radical (unpaired) electrons. The molecular weight excluding hydrogens is 276 g/mol. The predicted octanol–water partition coefficient (Wildman–Crippen LogP) is 5.80. The molecule has 21 heavy (non-hydrogen) atoms. The maximum Gasteiger partial charge on any atom is 0.0438 e. The summed E-state index contributed by atoms with van der Waals surface area (Å²) in [4.78, 5) is 0. The monoisotopic (exact) mass is 291 g/mol. The summed E-state index contributed by atoms with van der Waals surface area (Å²) in [6.07, 6.45) is 3.06. The van der Waals surface area contributed by atoms with E-state index in [2.05, 4.69) is 61.0 Å². The molecule has 103 valence electrons. The zero-order chi connectivity index (χ0) is 14.5. The lowest BCUT2D eigenvalue weighted by Gasteiger charge is -2.06. The number of benzene rings is 3. The van der Waals surface area contributed by atoms with Crippen molar-refractivity contribution < 1.29 is 0 Å². The molecule has 0 nitrogen and oxygen atoms in total. The standard InChI is InChI=1S/C20H16Cl/c21-20-9-5-4-8-19(20)15-12-16-10-13-18(14-11-16)17-6-2-1-3-7-17/h1-14H,15H2. The Morgan fingerprint density at radius 3 is 2.00 bits per heavy atom. The van der Waals surface area contributed by atoms with Gasteiger partial charge in [0.15, 0.2) is 0 Å². The summed E-state index contributed by atoms with van der Waals surface area (Å²) in [7, 11) is 0. The molecule has 0 aliphatic heterocycles. The first-order valence-electron chi connectivity index (χ1n) is 7.05. The van der Waals surface area contributed by atoms with Gasteiger partial charge in [-0.3, -0.25) is 0 Å². The van der Waals surface area contributed by atoms with Crippen LogP contribution in [0.25, 0.3) is 11.1 Å². The Balaban J connectivity index is 1.69. The second-order valence-electron chi connectivity index (χ2n) is 4.99. The lowest BCUT2D eigenvalue weighted by atomic mass is 10.0. The van der Waals surface area contributed by atoms with Crippen molar-refractivity contribution in [2.24, 2.45) is 0 Å². The summed E-state index contributed by atoms with van der Waals surface area (Å²) in [6.45, 7) is 0. The van der Waals surface area contributed by atoms with Gasteiger partial charge in [-0.1, -0.05) is 84.4 Å². The van der Waals surface area contributed by atoms with Crippen LogP contribution in [0.15, 0.2) is 78.9 Å². The van der Waals surface area contributed by atoms with Crippen molar-refractivity contribution in [2.75, 3.05) is 0 Å². The van der Waals surface area contributed by atoms with Gasteiger partial charge in [0.1, 0.15) is 0 Å². The van der Waals surface area contributed by atoms with Crippen LogP contribution in [0.2, 0.25) is 5.02 Å². The fourth-order valence-electron chi connectivity index (χ4n) is 2.33. The molecule has 0 saturated carbocycles. The van der Waals surface area contributed by atoms with E-state index in [1.165, 1.54) is 16.7 Å². The van der Waals surface area contributed by atoms with Gasteiger partial charge in [-0.2, -0.15) is 0 Å². The highest BCUT2D eigenvalue weighted by molar-refractivity contribution is 6.31. The topological polar surface area (TPSA) is 0 Å². The summed E-state index contributed by atoms with van der Waals surface area (Å²) in [5.74, 6) is 0. The predicted molar refractivity (Wildman–Crippen MR) is 90.4 cm³/mol. The van der Waals surface area contributed by atoms with E-state index in [4.69, 9.17) is 11.6 Å². The van der Waals surface area contributed by atoms with Gasteiger partial charge in [-0.15, -0.1) is 0 Å². The zero-order valence-corrected chi connectivity index (χ0v) is 12.4. The van der Waals surface area contributed by atoms with Gasteiger partial charge in [0.25, 0.3) is 0 Å². The lowest BCUT2D eigenvalue weighted by molar-refractivity contribution is 1.17. The first kappa shape index (κ1) is 13.9. The fourth-order valence-corrected chi connectivity index (χ4v) is 2.55. The largest absolute Gasteiger partial charge is 0.0840 e. The van der Waals surface area contributed by atoms with Crippen molar-refractivity contribution in [1.29, 1.82) is 0 Å². The van der Waals surface area contributed by atoms with Crippen molar-refractivity contribution in [1.82, 2.24) is 0 Å². The highest BCUT2D eigenvalue weighted by Gasteiger charge is 2.01. The minimum Gasteiger partial charge on any atom is -0.0840 e. The van der Waals surface area contributed by atoms with E-state index >= 15 is 0 Å². The minimum atomic E-state index is 0.828. The van der Waals surface area contributed by atoms with E-state index in [0.29, 0.717) is 0 Å². The van der Waals surface area contributed by atoms with Gasteiger partial charge >= 0.3 is 0 Å². The summed E-state index contributed by atoms with van der Waals surface area (Å²) in [5, 5.41) is 0.828. The van der Waals surface area contributed by atoms with Crippen LogP contribution in [-0.2, 0) is 6.42 Å². The van der Waals surface area contributed by atoms with Gasteiger partial charge < -0.3 is 0 Å². The Kier molecular flexibility index (Phi) is 4.37. The molecule has 3 aromatic rings. The molecule has 0 aliphatic rings. The second-order valence-corrected chi connectivity index (χ2v) is 5.39. The number of rotatable bonds is 4. The first-order chi connectivity index (χ1) is 10.3. The van der Waals surface area contributed by atoms with Crippen LogP contribution in [-0.4, -0.2) is 0 Å². The molecule has 0 saturated heterocycles. The first-order valence-corrected chi connectivity index (χ1v) is 7.43. The van der Waals surface area contributed by atoms with Gasteiger partial charge in [0, 0.05) is 5.02 Å². The number of halogens is 1. The van der Waals surface area contributed by atoms with Gasteiger partial charge in [0.05, 0.1) is 0 Å². The molecule has 3 aromatic carbocycles. The number of hydrogen-bond donors (Lipinski definition) is 0. The van der Waals surface area contributed by atoms with Crippen molar-refractivity contribution in [3.05, 3.63) is 101 Å². The lowest BCUT2D eigenvalue weighted by Crippen LogP contribution is -1.89. The van der Waals surface area contributed by atoms with E-state index in [0.717, 1.165) is 17.0 Å². The molecule has 3 rings (SSSR count). The Labute approximate surface area is 131 Å². The number of hydrogen-bond acceptors (Lipinski definition) is 0. The summed E-state index contributed by atoms with van der Waals surface area (Å²) >= 11 is 6.18. The third-order valence-corrected chi connectivity index (χ3v) is 3.90. The van der Waals surface area contributed by atoms with Gasteiger partial charge in [0.2, 0.25) is 0 Å². The maximum absolute atomic E-state index is 6.18. The summed E-state index contributed by atoms with van der Waals surface area (Å²) < 4.78 is 0. The van der Waals surface area contributed by atoms with Crippen LogP contribution >= 0.6 is 11.6 Å². The average Bonchev–Trinajstić information content (AvgIpc) is 2.55. The normalized spacial score (nSPS) is 10.5. The molecule has 0 unspecified atom stereocenters. The molecule has 0 amide bonds. The third-order valence-electron chi connectivity index (χ3n) is 3.53. The van der Waals surface area contributed by atoms with E-state index in [-0.39, 0.29) is 0 Å². The van der Waals surface area contributed by atoms with Crippen LogP contribution in [0, 0.1) is 6.42 Å². The molecule has 0 aliphatic carbocycles. The molecule has 0 spiro atoms. The van der Waals surface area contributed by atoms with E-state index in [1.54, 1.807) is 0 Å². The minimum absolute atomic E-state index is 0.828. The van der Waals surface area contributed by atoms with E-state index in [9.17, 15) is 0 Å². The Morgan fingerprint density at radius 2 is 1.29 bits per heavy atom. The Hall–Kier alpha value is -2.05. The SMILES string of the molecule is Clc1ccccc1C[CH]c1ccc(-c2ccccc2)cc1. The second kappa shape index (κ2) is 6.60. The molecule has 0 heterocycles. The van der Waals surface area contributed by atoms with Crippen LogP contribution in [0.3, 0.4) is 0 Å². The molecule has 0 fully saturated rings. The van der Waals surface area contributed by atoms with Crippen molar-refractivity contribution in [3.8, 4) is 11.1 Å². The van der Waals surface area contributed by atoms with E-state index < -0.39 is 0 Å².